The van der Waals surface area contributed by atoms with Crippen molar-refractivity contribution >= 4 is 28.4 Å². The van der Waals surface area contributed by atoms with Crippen molar-refractivity contribution in [2.45, 2.75) is 39.3 Å². The topological polar surface area (TPSA) is 103 Å². The number of nitrogen functional groups attached to an aromatic ring is 1. The smallest absolute Gasteiger partial charge is 0.278 e. The van der Waals surface area contributed by atoms with Crippen LogP contribution in [0.15, 0.2) is 29.2 Å². The SMILES string of the molecule is CC[n+]1c(N)c(C(=O)NC[C@@H]2CCCO2)cc2c(=O)n3cccc(C)c3nc21. The molecule has 0 radical (unpaired) electrons. The first-order valence-electron chi connectivity index (χ1n) is 9.55. The van der Waals surface area contributed by atoms with Gasteiger partial charge in [0.2, 0.25) is 11.5 Å². The minimum absolute atomic E-state index is 0.0307. The van der Waals surface area contributed by atoms with Crippen LogP contribution in [-0.2, 0) is 11.3 Å². The number of fused-ring (bicyclic) bond motifs is 2. The summed E-state index contributed by atoms with van der Waals surface area (Å²) in [6.07, 6.45) is 3.65. The molecule has 0 spiro atoms. The Balaban J connectivity index is 1.85. The van der Waals surface area contributed by atoms with Crippen molar-refractivity contribution in [3.05, 3.63) is 45.9 Å². The van der Waals surface area contributed by atoms with E-state index >= 15 is 0 Å². The molecular weight excluding hydrogens is 358 g/mol. The largest absolute Gasteiger partial charge is 0.376 e. The summed E-state index contributed by atoms with van der Waals surface area (Å²) in [5, 5.41) is 3.24. The molecule has 3 aromatic heterocycles. The molecule has 0 saturated carbocycles. The van der Waals surface area contributed by atoms with E-state index in [1.165, 1.54) is 4.40 Å². The van der Waals surface area contributed by atoms with E-state index in [0.29, 0.717) is 35.6 Å². The zero-order valence-electron chi connectivity index (χ0n) is 16.1. The fraction of sp³-hybridized carbons (Fsp3) is 0.400. The van der Waals surface area contributed by atoms with Gasteiger partial charge in [-0.15, -0.1) is 0 Å². The Morgan fingerprint density at radius 3 is 3.04 bits per heavy atom. The third kappa shape index (κ3) is 2.99. The van der Waals surface area contributed by atoms with Gasteiger partial charge in [0.1, 0.15) is 10.9 Å². The number of anilines is 1. The fourth-order valence-electron chi connectivity index (χ4n) is 3.72. The van der Waals surface area contributed by atoms with E-state index in [1.807, 2.05) is 19.9 Å². The highest BCUT2D eigenvalue weighted by Crippen LogP contribution is 2.16. The molecule has 4 rings (SSSR count). The van der Waals surface area contributed by atoms with Gasteiger partial charge in [-0.05, 0) is 38.8 Å². The van der Waals surface area contributed by atoms with Gasteiger partial charge in [0, 0.05) is 24.9 Å². The van der Waals surface area contributed by atoms with Gasteiger partial charge in [-0.2, -0.15) is 0 Å². The molecule has 0 unspecified atom stereocenters. The molecule has 0 aromatic carbocycles. The molecule has 146 valence electrons. The van der Waals surface area contributed by atoms with Gasteiger partial charge in [-0.25, -0.2) is 4.57 Å². The van der Waals surface area contributed by atoms with Crippen LogP contribution in [0.25, 0.3) is 16.7 Å². The number of aryl methyl sites for hydroxylation is 2. The average Bonchev–Trinajstić information content (AvgIpc) is 3.20. The van der Waals surface area contributed by atoms with Crippen LogP contribution in [0.4, 0.5) is 5.82 Å². The Hall–Kier alpha value is -3.00. The summed E-state index contributed by atoms with van der Waals surface area (Å²) in [5.41, 5.74) is 8.30. The molecule has 1 aliphatic rings. The van der Waals surface area contributed by atoms with E-state index in [4.69, 9.17) is 10.5 Å². The Morgan fingerprint density at radius 2 is 2.32 bits per heavy atom. The summed E-state index contributed by atoms with van der Waals surface area (Å²) in [5.74, 6) is -0.0180. The van der Waals surface area contributed by atoms with Gasteiger partial charge in [0.05, 0.1) is 12.6 Å². The molecule has 8 heteroatoms. The van der Waals surface area contributed by atoms with E-state index in [0.717, 1.165) is 25.0 Å². The highest BCUT2D eigenvalue weighted by atomic mass is 16.5. The summed E-state index contributed by atoms with van der Waals surface area (Å²) in [6.45, 7) is 5.45. The molecule has 1 amide bonds. The average molecular weight is 382 g/mol. The monoisotopic (exact) mass is 382 g/mol. The lowest BCUT2D eigenvalue weighted by Gasteiger charge is -2.13. The predicted octanol–water partition coefficient (Wildman–Crippen LogP) is 0.955. The lowest BCUT2D eigenvalue weighted by molar-refractivity contribution is -0.655. The summed E-state index contributed by atoms with van der Waals surface area (Å²) >= 11 is 0. The van der Waals surface area contributed by atoms with E-state index in [-0.39, 0.29) is 23.1 Å². The molecule has 3 N–H and O–H groups in total. The third-order valence-electron chi connectivity index (χ3n) is 5.25. The van der Waals surface area contributed by atoms with Gasteiger partial charge >= 0.3 is 0 Å². The number of aromatic nitrogens is 3. The number of nitrogens with two attached hydrogens (primary N) is 1. The third-order valence-corrected chi connectivity index (χ3v) is 5.25. The molecule has 0 bridgehead atoms. The van der Waals surface area contributed by atoms with Crippen LogP contribution in [0.2, 0.25) is 0 Å². The number of hydrogen-bond acceptors (Lipinski definition) is 5. The number of nitrogens with one attached hydrogen (secondary N) is 1. The summed E-state index contributed by atoms with van der Waals surface area (Å²) in [6, 6.07) is 5.25. The van der Waals surface area contributed by atoms with Crippen molar-refractivity contribution in [2.75, 3.05) is 18.9 Å². The van der Waals surface area contributed by atoms with Crippen LogP contribution in [-0.4, -0.2) is 34.5 Å². The molecular formula is C20H24N5O3+. The number of ether oxygens (including phenoxy) is 1. The standard InChI is InChI=1S/C20H23N5O3/c1-3-24-16(21)14(19(26)22-11-13-7-5-9-28-13)10-15-18(24)23-17-12(2)6-4-8-25(17)20(15)27/h4,6,8,10,13,21H,3,5,7,9,11H2,1-2H3,(H,22,26)/p+1/t13-/m0/s1. The zero-order chi connectivity index (χ0) is 19.8. The van der Waals surface area contributed by atoms with E-state index in [1.54, 1.807) is 22.9 Å². The quantitative estimate of drug-likeness (QED) is 0.517. The van der Waals surface area contributed by atoms with Crippen molar-refractivity contribution in [3.8, 4) is 0 Å². The molecule has 1 aliphatic heterocycles. The fourth-order valence-corrected chi connectivity index (χ4v) is 3.72. The number of rotatable bonds is 4. The van der Waals surface area contributed by atoms with Gasteiger partial charge in [-0.1, -0.05) is 11.1 Å². The lowest BCUT2D eigenvalue weighted by atomic mass is 10.1. The van der Waals surface area contributed by atoms with Crippen molar-refractivity contribution in [3.63, 3.8) is 0 Å². The number of amides is 1. The maximum Gasteiger partial charge on any atom is 0.278 e. The number of nitrogens with zero attached hydrogens (tertiary/aromatic N) is 3. The Bertz CT molecular complexity index is 1130. The Labute approximate surface area is 161 Å². The predicted molar refractivity (Wildman–Crippen MR) is 105 cm³/mol. The maximum absolute atomic E-state index is 13.1. The normalized spacial score (nSPS) is 16.7. The van der Waals surface area contributed by atoms with Gasteiger partial charge in [0.15, 0.2) is 0 Å². The van der Waals surface area contributed by atoms with Crippen LogP contribution in [0.1, 0.15) is 35.7 Å². The lowest BCUT2D eigenvalue weighted by Crippen LogP contribution is -2.42. The first kappa shape index (κ1) is 18.4. The van der Waals surface area contributed by atoms with Crippen molar-refractivity contribution in [1.82, 2.24) is 14.7 Å². The highest BCUT2D eigenvalue weighted by Gasteiger charge is 2.25. The van der Waals surface area contributed by atoms with Crippen molar-refractivity contribution in [2.24, 2.45) is 0 Å². The first-order valence-corrected chi connectivity index (χ1v) is 9.55. The van der Waals surface area contributed by atoms with Crippen LogP contribution in [0.5, 0.6) is 0 Å². The molecule has 1 saturated heterocycles. The van der Waals surface area contributed by atoms with Crippen LogP contribution < -0.4 is 21.2 Å². The first-order chi connectivity index (χ1) is 13.5. The van der Waals surface area contributed by atoms with Crippen LogP contribution in [0.3, 0.4) is 0 Å². The van der Waals surface area contributed by atoms with Crippen LogP contribution in [0, 0.1) is 6.92 Å². The molecule has 8 nitrogen and oxygen atoms in total. The van der Waals surface area contributed by atoms with Crippen LogP contribution >= 0.6 is 0 Å². The van der Waals surface area contributed by atoms with E-state index < -0.39 is 0 Å². The van der Waals surface area contributed by atoms with Crippen molar-refractivity contribution in [1.29, 1.82) is 0 Å². The molecule has 3 aromatic rings. The second kappa shape index (κ2) is 7.20. The minimum Gasteiger partial charge on any atom is -0.376 e. The number of carbonyl (C=O) groups excluding carboxylic acids is 1. The Morgan fingerprint density at radius 1 is 1.50 bits per heavy atom. The zero-order valence-corrected chi connectivity index (χ0v) is 16.1. The van der Waals surface area contributed by atoms with Crippen molar-refractivity contribution < 1.29 is 14.1 Å². The van der Waals surface area contributed by atoms with Gasteiger partial charge in [0.25, 0.3) is 17.1 Å². The molecule has 1 atom stereocenters. The molecule has 4 heterocycles. The Kier molecular flexibility index (Phi) is 4.72. The highest BCUT2D eigenvalue weighted by molar-refractivity contribution is 6.00. The van der Waals surface area contributed by atoms with Gasteiger partial charge in [-0.3, -0.25) is 14.0 Å². The number of carbonyl (C=O) groups is 1. The molecule has 0 aliphatic carbocycles. The summed E-state index contributed by atoms with van der Waals surface area (Å²) < 4.78 is 8.76. The second-order valence-electron chi connectivity index (χ2n) is 7.07. The summed E-state index contributed by atoms with van der Waals surface area (Å²) in [7, 11) is 0. The second-order valence-corrected chi connectivity index (χ2v) is 7.07. The van der Waals surface area contributed by atoms with E-state index in [2.05, 4.69) is 10.3 Å². The molecule has 28 heavy (non-hydrogen) atoms. The minimum atomic E-state index is -0.314. The molecule has 1 fully saturated rings. The summed E-state index contributed by atoms with van der Waals surface area (Å²) in [4.78, 5) is 30.5. The van der Waals surface area contributed by atoms with E-state index in [9.17, 15) is 9.59 Å². The number of pyridine rings is 2. The maximum atomic E-state index is 13.1. The van der Waals surface area contributed by atoms with Gasteiger partial charge < -0.3 is 15.8 Å². The number of hydrogen-bond donors (Lipinski definition) is 2.